The van der Waals surface area contributed by atoms with E-state index in [1.807, 2.05) is 6.92 Å². The van der Waals surface area contributed by atoms with E-state index in [9.17, 15) is 13.2 Å². The zero-order chi connectivity index (χ0) is 21.4. The van der Waals surface area contributed by atoms with Crippen LogP contribution in [-0.2, 0) is 13.1 Å². The van der Waals surface area contributed by atoms with Crippen molar-refractivity contribution < 1.29 is 22.3 Å². The molecular weight excluding hydrogens is 528 g/mol. The van der Waals surface area contributed by atoms with Gasteiger partial charge in [0.2, 0.25) is 5.82 Å². The van der Waals surface area contributed by atoms with Crippen LogP contribution in [-0.4, -0.2) is 40.5 Å². The number of nitrogens with one attached hydrogen (secondary N) is 3. The van der Waals surface area contributed by atoms with Crippen molar-refractivity contribution >= 4 is 29.9 Å². The maximum absolute atomic E-state index is 12.2. The van der Waals surface area contributed by atoms with Crippen LogP contribution in [0.1, 0.15) is 18.3 Å². The number of H-pyrrole nitrogens is 1. The molecule has 0 radical (unpaired) electrons. The van der Waals surface area contributed by atoms with Crippen LogP contribution in [0, 0.1) is 0 Å². The fraction of sp³-hybridized carbons (Fsp3) is 0.316. The largest absolute Gasteiger partial charge is 0.484 e. The Kier molecular flexibility index (Phi) is 9.15. The molecule has 1 aromatic carbocycles. The highest BCUT2D eigenvalue weighted by atomic mass is 127. The molecule has 0 saturated carbocycles. The monoisotopic (exact) mass is 550 g/mol. The van der Waals surface area contributed by atoms with Crippen molar-refractivity contribution in [3.05, 3.63) is 54.0 Å². The molecule has 0 aliphatic heterocycles. The maximum atomic E-state index is 12.2. The molecule has 0 unspecified atom stereocenters. The fourth-order valence-electron chi connectivity index (χ4n) is 2.43. The van der Waals surface area contributed by atoms with E-state index in [1.54, 1.807) is 30.5 Å². The number of aromatic amines is 1. The molecule has 3 N–H and O–H groups in total. The van der Waals surface area contributed by atoms with Crippen LogP contribution in [0.15, 0.2) is 52.1 Å². The second-order valence-electron chi connectivity index (χ2n) is 6.18. The highest BCUT2D eigenvalue weighted by molar-refractivity contribution is 14.0. The smallest absolute Gasteiger partial charge is 0.422 e. The summed E-state index contributed by atoms with van der Waals surface area (Å²) in [7, 11) is 0. The number of alkyl halides is 3. The Morgan fingerprint density at radius 2 is 1.97 bits per heavy atom. The molecule has 12 heteroatoms. The van der Waals surface area contributed by atoms with Gasteiger partial charge in [0.15, 0.2) is 18.3 Å². The third-order valence-electron chi connectivity index (χ3n) is 3.79. The van der Waals surface area contributed by atoms with Gasteiger partial charge in [-0.05, 0) is 36.8 Å². The molecule has 0 spiro atoms. The third-order valence-corrected chi connectivity index (χ3v) is 3.79. The van der Waals surface area contributed by atoms with Gasteiger partial charge in [0.25, 0.3) is 0 Å². The molecule has 31 heavy (non-hydrogen) atoms. The summed E-state index contributed by atoms with van der Waals surface area (Å²) in [6.07, 6.45) is -2.81. The molecule has 0 saturated heterocycles. The quantitative estimate of drug-likeness (QED) is 0.224. The number of aromatic nitrogens is 3. The Morgan fingerprint density at radius 1 is 1.19 bits per heavy atom. The fourth-order valence-corrected chi connectivity index (χ4v) is 2.43. The average molecular weight is 550 g/mol. The van der Waals surface area contributed by atoms with Crippen LogP contribution in [0.5, 0.6) is 5.75 Å². The molecule has 3 aromatic rings. The summed E-state index contributed by atoms with van der Waals surface area (Å²) in [5.74, 6) is 2.36. The Labute approximate surface area is 193 Å². The Bertz CT molecular complexity index is 942. The third kappa shape index (κ3) is 8.11. The standard InChI is InChI=1S/C19H21F3N6O2.HI/c1-2-23-18(25-11-16-26-17(28-27-16)15-4-3-9-29-15)24-10-13-5-7-14(8-6-13)30-12-19(20,21)22;/h3-9H,2,10-12H2,1H3,(H2,23,24,25)(H,26,27,28);1H. The van der Waals surface area contributed by atoms with Crippen LogP contribution < -0.4 is 15.4 Å². The number of furan rings is 1. The van der Waals surface area contributed by atoms with Crippen molar-refractivity contribution in [3.63, 3.8) is 0 Å². The van der Waals surface area contributed by atoms with Crippen LogP contribution in [0.2, 0.25) is 0 Å². The first-order valence-corrected chi connectivity index (χ1v) is 9.19. The highest BCUT2D eigenvalue weighted by Crippen LogP contribution is 2.19. The summed E-state index contributed by atoms with van der Waals surface area (Å²) >= 11 is 0. The average Bonchev–Trinajstić information content (AvgIpc) is 3.40. The van der Waals surface area contributed by atoms with Crippen LogP contribution in [0.3, 0.4) is 0 Å². The van der Waals surface area contributed by atoms with Gasteiger partial charge in [-0.15, -0.1) is 29.1 Å². The number of rotatable bonds is 8. The minimum atomic E-state index is -4.36. The number of aliphatic imine (C=N–C) groups is 1. The lowest BCUT2D eigenvalue weighted by Gasteiger charge is -2.11. The number of nitrogens with zero attached hydrogens (tertiary/aromatic N) is 3. The second kappa shape index (κ2) is 11.6. The lowest BCUT2D eigenvalue weighted by atomic mass is 10.2. The van der Waals surface area contributed by atoms with Crippen molar-refractivity contribution in [3.8, 4) is 17.3 Å². The molecule has 2 aromatic heterocycles. The SMILES string of the molecule is CCNC(=NCc1ccc(OCC(F)(F)F)cc1)NCc1nc(-c2ccco2)n[nH]1.I. The first kappa shape index (κ1) is 24.5. The molecule has 0 aliphatic rings. The van der Waals surface area contributed by atoms with Gasteiger partial charge in [0.05, 0.1) is 19.4 Å². The molecule has 0 fully saturated rings. The zero-order valence-electron chi connectivity index (χ0n) is 16.6. The van der Waals surface area contributed by atoms with Crippen molar-refractivity contribution in [1.29, 1.82) is 0 Å². The highest BCUT2D eigenvalue weighted by Gasteiger charge is 2.28. The summed E-state index contributed by atoms with van der Waals surface area (Å²) in [6, 6.07) is 9.85. The van der Waals surface area contributed by atoms with Crippen molar-refractivity contribution in [2.75, 3.05) is 13.2 Å². The van der Waals surface area contributed by atoms with Crippen LogP contribution in [0.25, 0.3) is 11.6 Å². The van der Waals surface area contributed by atoms with E-state index in [-0.39, 0.29) is 29.7 Å². The Morgan fingerprint density at radius 3 is 2.61 bits per heavy atom. The van der Waals surface area contributed by atoms with Crippen molar-refractivity contribution in [2.24, 2.45) is 4.99 Å². The predicted molar refractivity (Wildman–Crippen MR) is 119 cm³/mol. The van der Waals surface area contributed by atoms with Gasteiger partial charge in [-0.3, -0.25) is 5.10 Å². The number of ether oxygens (including phenoxy) is 1. The van der Waals surface area contributed by atoms with Crippen molar-refractivity contribution in [2.45, 2.75) is 26.2 Å². The first-order valence-electron chi connectivity index (χ1n) is 9.19. The summed E-state index contributed by atoms with van der Waals surface area (Å²) in [6.45, 7) is 1.98. The summed E-state index contributed by atoms with van der Waals surface area (Å²) in [5, 5.41) is 13.2. The number of hydrogen-bond acceptors (Lipinski definition) is 5. The molecule has 3 rings (SSSR count). The molecule has 0 aliphatic carbocycles. The van der Waals surface area contributed by atoms with Gasteiger partial charge in [-0.1, -0.05) is 12.1 Å². The number of halogens is 4. The summed E-state index contributed by atoms with van der Waals surface area (Å²) in [5.41, 5.74) is 0.825. The van der Waals surface area contributed by atoms with Crippen molar-refractivity contribution in [1.82, 2.24) is 25.8 Å². The van der Waals surface area contributed by atoms with Gasteiger partial charge >= 0.3 is 6.18 Å². The normalized spacial score (nSPS) is 11.7. The van der Waals surface area contributed by atoms with Gasteiger partial charge in [0.1, 0.15) is 11.6 Å². The van der Waals surface area contributed by atoms with E-state index in [0.29, 0.717) is 43.0 Å². The van der Waals surface area contributed by atoms with E-state index < -0.39 is 12.8 Å². The molecule has 8 nitrogen and oxygen atoms in total. The summed E-state index contributed by atoms with van der Waals surface area (Å²) in [4.78, 5) is 8.81. The van der Waals surface area contributed by atoms with Crippen LogP contribution >= 0.6 is 24.0 Å². The molecule has 0 amide bonds. The van der Waals surface area contributed by atoms with E-state index >= 15 is 0 Å². The summed E-state index contributed by atoms with van der Waals surface area (Å²) < 4.78 is 46.6. The molecule has 2 heterocycles. The molecule has 0 bridgehead atoms. The number of hydrogen-bond donors (Lipinski definition) is 3. The zero-order valence-corrected chi connectivity index (χ0v) is 18.9. The molecule has 168 valence electrons. The van der Waals surface area contributed by atoms with E-state index in [0.717, 1.165) is 5.56 Å². The van der Waals surface area contributed by atoms with E-state index in [1.165, 1.54) is 12.1 Å². The first-order chi connectivity index (χ1) is 14.4. The number of guanidine groups is 1. The van der Waals surface area contributed by atoms with Gasteiger partial charge in [0, 0.05) is 6.54 Å². The van der Waals surface area contributed by atoms with Crippen LogP contribution in [0.4, 0.5) is 13.2 Å². The Hall–Kier alpha value is -2.77. The molecule has 0 atom stereocenters. The van der Waals surface area contributed by atoms with Gasteiger partial charge < -0.3 is 19.8 Å². The van der Waals surface area contributed by atoms with E-state index in [2.05, 4.69) is 30.8 Å². The Balaban J connectivity index is 0.00000341. The minimum Gasteiger partial charge on any atom is -0.484 e. The van der Waals surface area contributed by atoms with E-state index in [4.69, 9.17) is 9.15 Å². The molecular formula is C19H22F3IN6O2. The number of benzene rings is 1. The minimum absolute atomic E-state index is 0. The maximum Gasteiger partial charge on any atom is 0.422 e. The predicted octanol–water partition coefficient (Wildman–Crippen LogP) is 3.88. The van der Waals surface area contributed by atoms with Gasteiger partial charge in [-0.25, -0.2) is 9.98 Å². The topological polar surface area (TPSA) is 100 Å². The lowest BCUT2D eigenvalue weighted by molar-refractivity contribution is -0.153. The van der Waals surface area contributed by atoms with Gasteiger partial charge in [-0.2, -0.15) is 13.2 Å². The second-order valence-corrected chi connectivity index (χ2v) is 6.18. The lowest BCUT2D eigenvalue weighted by Crippen LogP contribution is -2.37.